The van der Waals surface area contributed by atoms with Crippen molar-refractivity contribution in [1.29, 1.82) is 0 Å². The molecule has 3 aromatic rings. The monoisotopic (exact) mass is 426 g/mol. The summed E-state index contributed by atoms with van der Waals surface area (Å²) in [6.45, 7) is 1.24. The highest BCUT2D eigenvalue weighted by Crippen LogP contribution is 2.24. The number of halogens is 1. The Hall–Kier alpha value is -2.84. The van der Waals surface area contributed by atoms with Gasteiger partial charge in [-0.1, -0.05) is 58.8 Å². The minimum absolute atomic E-state index is 0.237. The number of guanidine groups is 1. The number of benzene rings is 2. The van der Waals surface area contributed by atoms with Gasteiger partial charge in [0.25, 0.3) is 5.88 Å². The van der Waals surface area contributed by atoms with Gasteiger partial charge in [-0.05, 0) is 30.0 Å². The third-order valence-corrected chi connectivity index (χ3v) is 6.34. The zero-order chi connectivity index (χ0) is 20.9. The van der Waals surface area contributed by atoms with Crippen LogP contribution in [0.5, 0.6) is 0 Å². The zero-order valence-electron chi connectivity index (χ0n) is 16.5. The van der Waals surface area contributed by atoms with Crippen molar-refractivity contribution in [3.05, 3.63) is 71.7 Å². The lowest BCUT2D eigenvalue weighted by atomic mass is 10.0. The molecule has 30 heavy (non-hydrogen) atoms. The molecular formula is C22H23FN4O2S. The maximum Gasteiger partial charge on any atom is 0.253 e. The Morgan fingerprint density at radius 2 is 1.90 bits per heavy atom. The molecule has 0 unspecified atom stereocenters. The molecule has 0 bridgehead atoms. The summed E-state index contributed by atoms with van der Waals surface area (Å²) in [4.78, 5) is 6.16. The van der Waals surface area contributed by atoms with E-state index < -0.39 is 11.2 Å². The van der Waals surface area contributed by atoms with Crippen molar-refractivity contribution in [2.75, 3.05) is 24.6 Å². The molecule has 1 fully saturated rings. The smallest absolute Gasteiger partial charge is 0.253 e. The Balaban J connectivity index is 1.36. The fraction of sp³-hybridized carbons (Fsp3) is 0.273. The molecule has 156 valence electrons. The molecule has 0 spiro atoms. The molecule has 1 aliphatic rings. The average molecular weight is 427 g/mol. The molecule has 1 saturated heterocycles. The first-order valence-corrected chi connectivity index (χ1v) is 11.3. The van der Waals surface area contributed by atoms with E-state index in [1.54, 1.807) is 12.1 Å². The zero-order valence-corrected chi connectivity index (χ0v) is 17.3. The van der Waals surface area contributed by atoms with Gasteiger partial charge in [-0.25, -0.2) is 4.39 Å². The Morgan fingerprint density at radius 3 is 2.63 bits per heavy atom. The van der Waals surface area contributed by atoms with Crippen LogP contribution < -0.4 is 5.73 Å². The average Bonchev–Trinajstić information content (AvgIpc) is 3.20. The summed E-state index contributed by atoms with van der Waals surface area (Å²) >= 11 is -0.770. The van der Waals surface area contributed by atoms with Crippen LogP contribution in [0.4, 0.5) is 10.3 Å². The van der Waals surface area contributed by atoms with E-state index >= 15 is 0 Å². The summed E-state index contributed by atoms with van der Waals surface area (Å²) in [5, 5.41) is 4.03. The minimum atomic E-state index is -0.770. The number of nitrogens with zero attached hydrogens (tertiary/aromatic N) is 3. The van der Waals surface area contributed by atoms with E-state index in [1.807, 2.05) is 47.4 Å². The number of aryl methyl sites for hydroxylation is 2. The van der Waals surface area contributed by atoms with Gasteiger partial charge in [-0.2, -0.15) is 4.99 Å². The van der Waals surface area contributed by atoms with Crippen molar-refractivity contribution in [3.63, 3.8) is 0 Å². The second-order valence-corrected chi connectivity index (χ2v) is 8.84. The Bertz CT molecular complexity index is 1020. The van der Waals surface area contributed by atoms with E-state index in [0.29, 0.717) is 54.8 Å². The molecule has 4 rings (SSSR count). The Kier molecular flexibility index (Phi) is 6.35. The first kappa shape index (κ1) is 20.4. The summed E-state index contributed by atoms with van der Waals surface area (Å²) in [6.07, 6.45) is 1.24. The van der Waals surface area contributed by atoms with Crippen LogP contribution in [0.1, 0.15) is 11.3 Å². The van der Waals surface area contributed by atoms with Gasteiger partial charge in [0, 0.05) is 11.6 Å². The molecule has 6 nitrogen and oxygen atoms in total. The second kappa shape index (κ2) is 9.32. The van der Waals surface area contributed by atoms with Crippen LogP contribution >= 0.6 is 0 Å². The van der Waals surface area contributed by atoms with Gasteiger partial charge in [-0.3, -0.25) is 0 Å². The van der Waals surface area contributed by atoms with Crippen LogP contribution in [-0.2, 0) is 24.0 Å². The number of hydrogen-bond donors (Lipinski definition) is 1. The van der Waals surface area contributed by atoms with Crippen LogP contribution in [0.15, 0.2) is 64.1 Å². The number of aliphatic imine (C=N–C) groups is 1. The largest absolute Gasteiger partial charge is 0.616 e. The summed E-state index contributed by atoms with van der Waals surface area (Å²) in [5.74, 6) is 1.63. The molecule has 0 atom stereocenters. The number of aromatic nitrogens is 1. The van der Waals surface area contributed by atoms with Gasteiger partial charge < -0.3 is 19.7 Å². The lowest BCUT2D eigenvalue weighted by Crippen LogP contribution is -2.46. The summed E-state index contributed by atoms with van der Waals surface area (Å²) in [7, 11) is 0. The molecule has 2 aromatic carbocycles. The maximum atomic E-state index is 14.5. The predicted molar refractivity (Wildman–Crippen MR) is 116 cm³/mol. The van der Waals surface area contributed by atoms with E-state index in [0.717, 1.165) is 16.8 Å². The van der Waals surface area contributed by atoms with Gasteiger partial charge in [-0.15, -0.1) is 0 Å². The molecule has 0 aliphatic carbocycles. The van der Waals surface area contributed by atoms with E-state index in [9.17, 15) is 8.94 Å². The van der Waals surface area contributed by atoms with Gasteiger partial charge in [0.2, 0.25) is 0 Å². The molecule has 1 aromatic heterocycles. The number of rotatable bonds is 5. The van der Waals surface area contributed by atoms with Crippen LogP contribution in [0, 0.1) is 5.82 Å². The number of nitrogens with two attached hydrogens (primary N) is 1. The first-order chi connectivity index (χ1) is 14.6. The van der Waals surface area contributed by atoms with E-state index in [2.05, 4.69) is 10.1 Å². The summed E-state index contributed by atoms with van der Waals surface area (Å²) < 4.78 is 31.2. The molecular weight excluding hydrogens is 403 g/mol. The van der Waals surface area contributed by atoms with E-state index in [-0.39, 0.29) is 5.82 Å². The second-order valence-electron chi connectivity index (χ2n) is 7.14. The van der Waals surface area contributed by atoms with Crippen LogP contribution in [0.2, 0.25) is 0 Å². The third kappa shape index (κ3) is 5.01. The summed E-state index contributed by atoms with van der Waals surface area (Å²) in [6, 6.07) is 16.5. The molecule has 0 radical (unpaired) electrons. The van der Waals surface area contributed by atoms with Crippen LogP contribution in [0.25, 0.3) is 11.1 Å². The standard InChI is InChI=1S/C22H23FN4O2S/c23-20-14-16(7-9-19(20)17-4-2-1-3-5-17)6-8-18-15-21(29-26-18)25-22(24)27-10-12-30(28)13-11-27/h1-5,7,9,14-15H,6,8,10-13H2,(H2,24,25). The van der Waals surface area contributed by atoms with Crippen molar-refractivity contribution in [3.8, 4) is 11.1 Å². The van der Waals surface area contributed by atoms with Gasteiger partial charge in [0.1, 0.15) is 17.3 Å². The minimum Gasteiger partial charge on any atom is -0.616 e. The summed E-state index contributed by atoms with van der Waals surface area (Å²) in [5.41, 5.74) is 9.10. The Labute approximate surface area is 177 Å². The van der Waals surface area contributed by atoms with Crippen molar-refractivity contribution in [2.45, 2.75) is 12.8 Å². The van der Waals surface area contributed by atoms with Gasteiger partial charge in [0.15, 0.2) is 5.96 Å². The quantitative estimate of drug-likeness (QED) is 0.384. The highest BCUT2D eigenvalue weighted by molar-refractivity contribution is 7.91. The molecule has 2 heterocycles. The van der Waals surface area contributed by atoms with Crippen molar-refractivity contribution >= 4 is 23.0 Å². The Morgan fingerprint density at radius 1 is 1.13 bits per heavy atom. The molecule has 0 amide bonds. The fourth-order valence-electron chi connectivity index (χ4n) is 3.36. The SMILES string of the molecule is NC(=Nc1cc(CCc2ccc(-c3ccccc3)c(F)c2)no1)N1CC[S+]([O-])CC1. The molecule has 2 N–H and O–H groups in total. The van der Waals surface area contributed by atoms with Gasteiger partial charge in [0.05, 0.1) is 18.8 Å². The van der Waals surface area contributed by atoms with Crippen molar-refractivity contribution in [1.82, 2.24) is 10.1 Å². The lowest BCUT2D eigenvalue weighted by molar-refractivity contribution is 0.414. The normalized spacial score (nSPS) is 15.5. The van der Waals surface area contributed by atoms with E-state index in [1.165, 1.54) is 0 Å². The topological polar surface area (TPSA) is 90.7 Å². The molecule has 8 heteroatoms. The maximum absolute atomic E-state index is 14.5. The lowest BCUT2D eigenvalue weighted by Gasteiger charge is -2.28. The van der Waals surface area contributed by atoms with Crippen molar-refractivity contribution < 1.29 is 13.5 Å². The fourth-order valence-corrected chi connectivity index (χ4v) is 4.41. The highest BCUT2D eigenvalue weighted by Gasteiger charge is 2.21. The molecule has 1 aliphatic heterocycles. The van der Waals surface area contributed by atoms with Crippen molar-refractivity contribution in [2.24, 2.45) is 10.7 Å². The highest BCUT2D eigenvalue weighted by atomic mass is 32.2. The van der Waals surface area contributed by atoms with Crippen LogP contribution in [-0.4, -0.2) is 45.2 Å². The first-order valence-electron chi connectivity index (χ1n) is 9.82. The van der Waals surface area contributed by atoms with E-state index in [4.69, 9.17) is 10.3 Å². The van der Waals surface area contributed by atoms with Crippen LogP contribution in [0.3, 0.4) is 0 Å². The molecule has 0 saturated carbocycles. The third-order valence-electron chi connectivity index (χ3n) is 5.06. The predicted octanol–water partition coefficient (Wildman–Crippen LogP) is 3.28. The number of hydrogen-bond acceptors (Lipinski definition) is 4. The van der Waals surface area contributed by atoms with Gasteiger partial charge >= 0.3 is 0 Å².